The largest absolute Gasteiger partial charge is 0.290 e. The van der Waals surface area contributed by atoms with Crippen LogP contribution in [0.4, 0.5) is 0 Å². The van der Waals surface area contributed by atoms with Gasteiger partial charge in [0.2, 0.25) is 0 Å². The minimum atomic E-state index is 0.443. The Morgan fingerprint density at radius 3 is 3.05 bits per heavy atom. The van der Waals surface area contributed by atoms with Crippen LogP contribution in [0.2, 0.25) is 0 Å². The van der Waals surface area contributed by atoms with E-state index in [0.717, 1.165) is 18.8 Å². The minimum Gasteiger partial charge on any atom is -0.290 e. The van der Waals surface area contributed by atoms with Crippen LogP contribution in [0.25, 0.3) is 10.1 Å². The molecule has 0 saturated carbocycles. The average molecular weight is 295 g/mol. The van der Waals surface area contributed by atoms with Crippen LogP contribution in [0.5, 0.6) is 0 Å². The van der Waals surface area contributed by atoms with Crippen LogP contribution >= 0.6 is 11.3 Å². The molecular formula is C17H17N3S. The zero-order valence-corrected chi connectivity index (χ0v) is 12.6. The zero-order valence-electron chi connectivity index (χ0n) is 11.8. The normalized spacial score (nSPS) is 19.3. The molecule has 1 aliphatic heterocycles. The van der Waals surface area contributed by atoms with Gasteiger partial charge in [-0.05, 0) is 43.0 Å². The first-order valence-corrected chi connectivity index (χ1v) is 8.19. The van der Waals surface area contributed by atoms with Gasteiger partial charge in [0, 0.05) is 22.3 Å². The van der Waals surface area contributed by atoms with E-state index in [2.05, 4.69) is 45.2 Å². The van der Waals surface area contributed by atoms with Gasteiger partial charge in [0.25, 0.3) is 0 Å². The lowest BCUT2D eigenvalue weighted by atomic mass is 10.1. The number of rotatable bonds is 3. The fraction of sp³-hybridized carbons (Fsp3) is 0.294. The first kappa shape index (κ1) is 12.9. The molecule has 106 valence electrons. The Labute approximate surface area is 128 Å². The van der Waals surface area contributed by atoms with E-state index in [1.165, 1.54) is 27.8 Å². The van der Waals surface area contributed by atoms with E-state index in [4.69, 9.17) is 0 Å². The van der Waals surface area contributed by atoms with Gasteiger partial charge in [0.1, 0.15) is 6.33 Å². The minimum absolute atomic E-state index is 0.443. The van der Waals surface area contributed by atoms with Gasteiger partial charge >= 0.3 is 0 Å². The standard InChI is InChI=1S/C17H17N3S/c1-2-6-17-13(4-1)10-14(21-17)11-20-9-3-5-16(20)15-7-8-18-12-19-15/h1-2,4,6-8,10,12,16H,3,5,9,11H2. The fourth-order valence-electron chi connectivity index (χ4n) is 3.16. The van der Waals surface area contributed by atoms with Crippen molar-refractivity contribution in [3.8, 4) is 0 Å². The van der Waals surface area contributed by atoms with E-state index < -0.39 is 0 Å². The van der Waals surface area contributed by atoms with E-state index >= 15 is 0 Å². The maximum atomic E-state index is 4.45. The maximum absolute atomic E-state index is 4.45. The molecule has 1 aliphatic rings. The van der Waals surface area contributed by atoms with Gasteiger partial charge in [0.05, 0.1) is 11.7 Å². The molecule has 1 fully saturated rings. The van der Waals surface area contributed by atoms with Gasteiger partial charge < -0.3 is 0 Å². The summed E-state index contributed by atoms with van der Waals surface area (Å²) in [5.41, 5.74) is 1.16. The van der Waals surface area contributed by atoms with Crippen molar-refractivity contribution >= 4 is 21.4 Å². The van der Waals surface area contributed by atoms with Crippen molar-refractivity contribution in [1.82, 2.24) is 14.9 Å². The SMILES string of the molecule is c1ccc2sc(CN3CCCC3c3ccncn3)cc2c1. The maximum Gasteiger partial charge on any atom is 0.115 e. The van der Waals surface area contributed by atoms with Crippen LogP contribution < -0.4 is 0 Å². The first-order valence-electron chi connectivity index (χ1n) is 7.37. The number of aromatic nitrogens is 2. The average Bonchev–Trinajstić information content (AvgIpc) is 3.14. The van der Waals surface area contributed by atoms with Crippen molar-refractivity contribution in [2.24, 2.45) is 0 Å². The molecule has 4 rings (SSSR count). The monoisotopic (exact) mass is 295 g/mol. The Morgan fingerprint density at radius 1 is 1.24 bits per heavy atom. The van der Waals surface area contributed by atoms with Crippen molar-refractivity contribution < 1.29 is 0 Å². The molecule has 1 unspecified atom stereocenters. The smallest absolute Gasteiger partial charge is 0.115 e. The molecule has 0 aliphatic carbocycles. The van der Waals surface area contributed by atoms with Gasteiger partial charge in [-0.25, -0.2) is 9.97 Å². The molecule has 3 aromatic rings. The number of fused-ring (bicyclic) bond motifs is 1. The van der Waals surface area contributed by atoms with Gasteiger partial charge in [0.15, 0.2) is 0 Å². The summed E-state index contributed by atoms with van der Waals surface area (Å²) in [6.07, 6.45) is 5.95. The predicted octanol–water partition coefficient (Wildman–Crippen LogP) is 4.03. The molecule has 0 amide bonds. The van der Waals surface area contributed by atoms with Crippen LogP contribution in [-0.2, 0) is 6.54 Å². The Morgan fingerprint density at radius 2 is 2.19 bits per heavy atom. The van der Waals surface area contributed by atoms with Gasteiger partial charge in [-0.15, -0.1) is 11.3 Å². The summed E-state index contributed by atoms with van der Waals surface area (Å²) < 4.78 is 1.38. The Bertz CT molecular complexity index is 705. The van der Waals surface area contributed by atoms with Gasteiger partial charge in [-0.3, -0.25) is 4.90 Å². The molecule has 4 heteroatoms. The van der Waals surface area contributed by atoms with Crippen LogP contribution in [0.1, 0.15) is 29.5 Å². The quantitative estimate of drug-likeness (QED) is 0.730. The lowest BCUT2D eigenvalue weighted by Crippen LogP contribution is -2.22. The van der Waals surface area contributed by atoms with E-state index in [1.807, 2.05) is 23.6 Å². The number of benzene rings is 1. The lowest BCUT2D eigenvalue weighted by molar-refractivity contribution is 0.246. The number of hydrogen-bond acceptors (Lipinski definition) is 4. The third-order valence-electron chi connectivity index (χ3n) is 4.15. The summed E-state index contributed by atoms with van der Waals surface area (Å²) in [6.45, 7) is 2.18. The fourth-order valence-corrected chi connectivity index (χ4v) is 4.25. The predicted molar refractivity (Wildman–Crippen MR) is 86.2 cm³/mol. The molecule has 0 radical (unpaired) electrons. The van der Waals surface area contributed by atoms with Crippen molar-refractivity contribution in [3.05, 3.63) is 59.5 Å². The van der Waals surface area contributed by atoms with Crippen molar-refractivity contribution in [1.29, 1.82) is 0 Å². The molecule has 1 saturated heterocycles. The second-order valence-electron chi connectivity index (χ2n) is 5.51. The van der Waals surface area contributed by atoms with Gasteiger partial charge in [-0.2, -0.15) is 0 Å². The first-order chi connectivity index (χ1) is 10.4. The zero-order chi connectivity index (χ0) is 14.1. The summed E-state index contributed by atoms with van der Waals surface area (Å²) >= 11 is 1.91. The highest BCUT2D eigenvalue weighted by Crippen LogP contribution is 2.34. The molecule has 0 bridgehead atoms. The highest BCUT2D eigenvalue weighted by molar-refractivity contribution is 7.19. The van der Waals surface area contributed by atoms with Crippen molar-refractivity contribution in [3.63, 3.8) is 0 Å². The summed E-state index contributed by atoms with van der Waals surface area (Å²) in [7, 11) is 0. The molecule has 1 aromatic carbocycles. The van der Waals surface area contributed by atoms with Gasteiger partial charge in [-0.1, -0.05) is 18.2 Å². The van der Waals surface area contributed by atoms with E-state index in [9.17, 15) is 0 Å². The highest BCUT2D eigenvalue weighted by atomic mass is 32.1. The Balaban J connectivity index is 1.58. The molecule has 1 atom stereocenters. The third-order valence-corrected chi connectivity index (χ3v) is 5.25. The molecule has 0 N–H and O–H groups in total. The number of thiophene rings is 1. The van der Waals surface area contributed by atoms with Crippen molar-refractivity contribution in [2.45, 2.75) is 25.4 Å². The second-order valence-corrected chi connectivity index (χ2v) is 6.68. The summed E-state index contributed by atoms with van der Waals surface area (Å²) in [6, 6.07) is 13.4. The second kappa shape index (κ2) is 5.54. The molecule has 21 heavy (non-hydrogen) atoms. The lowest BCUT2D eigenvalue weighted by Gasteiger charge is -2.23. The molecule has 0 spiro atoms. The molecule has 2 aromatic heterocycles. The Hall–Kier alpha value is -1.78. The molecular weight excluding hydrogens is 278 g/mol. The number of likely N-dealkylation sites (tertiary alicyclic amines) is 1. The number of nitrogens with zero attached hydrogens (tertiary/aromatic N) is 3. The van der Waals surface area contributed by atoms with Crippen LogP contribution in [0.3, 0.4) is 0 Å². The summed E-state index contributed by atoms with van der Waals surface area (Å²) in [5.74, 6) is 0. The summed E-state index contributed by atoms with van der Waals surface area (Å²) in [5, 5.41) is 1.36. The molecule has 3 nitrogen and oxygen atoms in total. The van der Waals surface area contributed by atoms with E-state index in [-0.39, 0.29) is 0 Å². The van der Waals surface area contributed by atoms with Crippen LogP contribution in [-0.4, -0.2) is 21.4 Å². The third kappa shape index (κ3) is 2.57. The molecule has 3 heterocycles. The number of hydrogen-bond donors (Lipinski definition) is 0. The highest BCUT2D eigenvalue weighted by Gasteiger charge is 2.27. The van der Waals surface area contributed by atoms with E-state index in [1.54, 1.807) is 6.33 Å². The topological polar surface area (TPSA) is 29.0 Å². The van der Waals surface area contributed by atoms with Crippen molar-refractivity contribution in [2.75, 3.05) is 6.54 Å². The van der Waals surface area contributed by atoms with Crippen LogP contribution in [0, 0.1) is 0 Å². The van der Waals surface area contributed by atoms with E-state index in [0.29, 0.717) is 6.04 Å². The Kier molecular flexibility index (Phi) is 3.41. The summed E-state index contributed by atoms with van der Waals surface area (Å²) in [4.78, 5) is 12.5. The van der Waals surface area contributed by atoms with Crippen LogP contribution in [0.15, 0.2) is 48.9 Å².